The van der Waals surface area contributed by atoms with Crippen LogP contribution in [0.5, 0.6) is 0 Å². The summed E-state index contributed by atoms with van der Waals surface area (Å²) in [7, 11) is 1.75. The van der Waals surface area contributed by atoms with Crippen molar-refractivity contribution in [1.82, 2.24) is 14.9 Å². The Hall–Kier alpha value is -2.47. The molecule has 1 atom stereocenters. The Morgan fingerprint density at radius 2 is 2.08 bits per heavy atom. The van der Waals surface area contributed by atoms with E-state index in [-0.39, 0.29) is 12.5 Å². The van der Waals surface area contributed by atoms with E-state index < -0.39 is 5.60 Å². The van der Waals surface area contributed by atoms with Crippen LogP contribution in [0.2, 0.25) is 0 Å². The summed E-state index contributed by atoms with van der Waals surface area (Å²) in [6.45, 7) is 3.65. The first-order chi connectivity index (χ1) is 12.5. The summed E-state index contributed by atoms with van der Waals surface area (Å²) < 4.78 is 0. The molecule has 1 fully saturated rings. The number of anilines is 1. The number of rotatable bonds is 5. The molecule has 0 spiro atoms. The number of carbonyl (C=O) groups is 1. The number of likely N-dealkylation sites (N-methyl/N-ethyl adjacent to an activating group) is 1. The molecule has 0 bridgehead atoms. The number of carbonyl (C=O) groups excluding carboxylic acids is 1. The van der Waals surface area contributed by atoms with Crippen molar-refractivity contribution >= 4 is 11.7 Å². The van der Waals surface area contributed by atoms with E-state index in [1.54, 1.807) is 30.5 Å². The van der Waals surface area contributed by atoms with Crippen LogP contribution in [0.1, 0.15) is 35.7 Å². The lowest BCUT2D eigenvalue weighted by Gasteiger charge is -2.41. The van der Waals surface area contributed by atoms with E-state index in [4.69, 9.17) is 0 Å². The van der Waals surface area contributed by atoms with Gasteiger partial charge in [-0.1, -0.05) is 19.1 Å². The molecule has 2 aromatic rings. The highest BCUT2D eigenvalue weighted by Gasteiger charge is 2.36. The fourth-order valence-electron chi connectivity index (χ4n) is 3.51. The van der Waals surface area contributed by atoms with Crippen LogP contribution in [0.4, 0.5) is 5.82 Å². The predicted molar refractivity (Wildman–Crippen MR) is 101 cm³/mol. The molecule has 0 radical (unpaired) electrons. The Morgan fingerprint density at radius 1 is 1.31 bits per heavy atom. The summed E-state index contributed by atoms with van der Waals surface area (Å²) >= 11 is 0. The molecule has 138 valence electrons. The first kappa shape index (κ1) is 18.3. The summed E-state index contributed by atoms with van der Waals surface area (Å²) in [6.07, 6.45) is 7.45. The van der Waals surface area contributed by atoms with Crippen molar-refractivity contribution in [1.29, 1.82) is 0 Å². The van der Waals surface area contributed by atoms with Crippen molar-refractivity contribution in [3.8, 4) is 0 Å². The Labute approximate surface area is 154 Å². The first-order valence-electron chi connectivity index (χ1n) is 9.08. The van der Waals surface area contributed by atoms with Gasteiger partial charge in [-0.05, 0) is 37.0 Å². The number of benzene rings is 1. The molecule has 6 nitrogen and oxygen atoms in total. The molecule has 1 saturated heterocycles. The molecule has 26 heavy (non-hydrogen) atoms. The van der Waals surface area contributed by atoms with Gasteiger partial charge in [0, 0.05) is 38.1 Å². The highest BCUT2D eigenvalue weighted by molar-refractivity contribution is 5.94. The lowest BCUT2D eigenvalue weighted by Crippen LogP contribution is -2.54. The van der Waals surface area contributed by atoms with Crippen LogP contribution < -0.4 is 4.90 Å². The number of β-amino-alcohol motifs (C(OH)–C–C–N with tert-alkyl or cyclic N) is 1. The zero-order valence-corrected chi connectivity index (χ0v) is 15.4. The normalized spacial score (nSPS) is 20.0. The van der Waals surface area contributed by atoms with Gasteiger partial charge in [0.25, 0.3) is 5.91 Å². The first-order valence-corrected chi connectivity index (χ1v) is 9.08. The van der Waals surface area contributed by atoms with E-state index in [1.165, 1.54) is 5.56 Å². The lowest BCUT2D eigenvalue weighted by atomic mass is 9.92. The summed E-state index contributed by atoms with van der Waals surface area (Å²) in [6, 6.07) is 7.67. The SMILES string of the molecule is CCc1ccc(C(=O)N(C)CC2(O)CCCN(c3cnccn3)C2)cc1. The van der Waals surface area contributed by atoms with Gasteiger partial charge < -0.3 is 14.9 Å². The standard InChI is InChI=1S/C20H26N4O2/c1-3-16-5-7-17(8-6-16)19(25)23(2)14-20(26)9-4-12-24(15-20)18-13-21-10-11-22-18/h5-8,10-11,13,26H,3-4,9,12,14-15H2,1-2H3. The molecular formula is C20H26N4O2. The summed E-state index contributed by atoms with van der Waals surface area (Å²) in [5.74, 6) is 0.687. The molecule has 1 N–H and O–H groups in total. The number of amides is 1. The van der Waals surface area contributed by atoms with Gasteiger partial charge >= 0.3 is 0 Å². The number of nitrogens with zero attached hydrogens (tertiary/aromatic N) is 4. The number of aryl methyl sites for hydroxylation is 1. The molecule has 0 saturated carbocycles. The van der Waals surface area contributed by atoms with Crippen molar-refractivity contribution in [2.24, 2.45) is 0 Å². The number of piperidine rings is 1. The third-order valence-electron chi connectivity index (χ3n) is 4.92. The maximum absolute atomic E-state index is 12.7. The monoisotopic (exact) mass is 354 g/mol. The second-order valence-corrected chi connectivity index (χ2v) is 7.02. The Bertz CT molecular complexity index is 735. The average molecular weight is 354 g/mol. The third-order valence-corrected chi connectivity index (χ3v) is 4.92. The van der Waals surface area contributed by atoms with Crippen LogP contribution in [0, 0.1) is 0 Å². The fourth-order valence-corrected chi connectivity index (χ4v) is 3.51. The van der Waals surface area contributed by atoms with Crippen LogP contribution >= 0.6 is 0 Å². The van der Waals surface area contributed by atoms with Gasteiger partial charge in [0.1, 0.15) is 5.82 Å². The fraction of sp³-hybridized carbons (Fsp3) is 0.450. The molecule has 1 unspecified atom stereocenters. The lowest BCUT2D eigenvalue weighted by molar-refractivity contribution is -0.000145. The van der Waals surface area contributed by atoms with Crippen molar-refractivity contribution in [3.05, 3.63) is 54.0 Å². The number of hydrogen-bond donors (Lipinski definition) is 1. The van der Waals surface area contributed by atoms with Crippen molar-refractivity contribution in [3.63, 3.8) is 0 Å². The summed E-state index contributed by atoms with van der Waals surface area (Å²) in [5, 5.41) is 11.1. The maximum Gasteiger partial charge on any atom is 0.253 e. The minimum Gasteiger partial charge on any atom is -0.386 e. The molecule has 1 amide bonds. The van der Waals surface area contributed by atoms with Crippen molar-refractivity contribution < 1.29 is 9.90 Å². The molecule has 1 aromatic carbocycles. The predicted octanol–water partition coefficient (Wildman–Crippen LogP) is 2.14. The van der Waals surface area contributed by atoms with E-state index in [1.807, 2.05) is 29.2 Å². The van der Waals surface area contributed by atoms with Crippen LogP contribution in [0.25, 0.3) is 0 Å². The second kappa shape index (κ2) is 7.83. The molecular weight excluding hydrogens is 328 g/mol. The molecule has 1 aliphatic rings. The second-order valence-electron chi connectivity index (χ2n) is 7.02. The Kier molecular flexibility index (Phi) is 5.52. The van der Waals surface area contributed by atoms with Gasteiger partial charge in [-0.2, -0.15) is 0 Å². The van der Waals surface area contributed by atoms with E-state index in [9.17, 15) is 9.90 Å². The van der Waals surface area contributed by atoms with Crippen molar-refractivity contribution in [2.45, 2.75) is 31.8 Å². The molecule has 2 heterocycles. The minimum absolute atomic E-state index is 0.0716. The highest BCUT2D eigenvalue weighted by atomic mass is 16.3. The van der Waals surface area contributed by atoms with Crippen LogP contribution in [0.15, 0.2) is 42.9 Å². The van der Waals surface area contributed by atoms with Gasteiger partial charge in [0.05, 0.1) is 18.3 Å². The van der Waals surface area contributed by atoms with Gasteiger partial charge in [-0.3, -0.25) is 9.78 Å². The molecule has 1 aliphatic heterocycles. The molecule has 6 heteroatoms. The number of aromatic nitrogens is 2. The molecule has 3 rings (SSSR count). The van der Waals surface area contributed by atoms with Crippen LogP contribution in [0.3, 0.4) is 0 Å². The topological polar surface area (TPSA) is 69.6 Å². The Morgan fingerprint density at radius 3 is 2.73 bits per heavy atom. The van der Waals surface area contributed by atoms with Gasteiger partial charge in [-0.25, -0.2) is 4.98 Å². The van der Waals surface area contributed by atoms with E-state index >= 15 is 0 Å². The molecule has 1 aromatic heterocycles. The van der Waals surface area contributed by atoms with Crippen LogP contribution in [-0.4, -0.2) is 58.2 Å². The maximum atomic E-state index is 12.7. The van der Waals surface area contributed by atoms with E-state index in [2.05, 4.69) is 16.9 Å². The van der Waals surface area contributed by atoms with Crippen molar-refractivity contribution in [2.75, 3.05) is 31.6 Å². The zero-order valence-electron chi connectivity index (χ0n) is 15.4. The quantitative estimate of drug-likeness (QED) is 0.891. The van der Waals surface area contributed by atoms with E-state index in [0.29, 0.717) is 18.5 Å². The van der Waals surface area contributed by atoms with Gasteiger partial charge in [0.2, 0.25) is 0 Å². The largest absolute Gasteiger partial charge is 0.386 e. The van der Waals surface area contributed by atoms with Gasteiger partial charge in [0.15, 0.2) is 0 Å². The van der Waals surface area contributed by atoms with Crippen LogP contribution in [-0.2, 0) is 6.42 Å². The smallest absolute Gasteiger partial charge is 0.253 e. The molecule has 0 aliphatic carbocycles. The van der Waals surface area contributed by atoms with Gasteiger partial charge in [-0.15, -0.1) is 0 Å². The Balaban J connectivity index is 1.66. The average Bonchev–Trinajstić information content (AvgIpc) is 2.68. The van der Waals surface area contributed by atoms with E-state index in [0.717, 1.165) is 25.2 Å². The zero-order chi connectivity index (χ0) is 18.6. The highest BCUT2D eigenvalue weighted by Crippen LogP contribution is 2.25. The summed E-state index contributed by atoms with van der Waals surface area (Å²) in [5.41, 5.74) is 0.897. The number of aliphatic hydroxyl groups is 1. The minimum atomic E-state index is -0.955. The third kappa shape index (κ3) is 4.19. The number of hydrogen-bond acceptors (Lipinski definition) is 5. The summed E-state index contributed by atoms with van der Waals surface area (Å²) in [4.78, 5) is 24.8.